The molecule has 3 aromatic carbocycles. The fourth-order valence-corrected chi connectivity index (χ4v) is 4.09. The third-order valence-electron chi connectivity index (χ3n) is 5.91. The number of nitrogens with one attached hydrogen (secondary N) is 1. The van der Waals surface area contributed by atoms with Gasteiger partial charge in [0.2, 0.25) is 5.88 Å². The Morgan fingerprint density at radius 3 is 2.50 bits per heavy atom. The molecule has 0 spiro atoms. The second-order valence-corrected chi connectivity index (χ2v) is 8.74. The molecule has 0 fully saturated rings. The number of fused-ring (bicyclic) bond motifs is 1. The van der Waals surface area contributed by atoms with Crippen molar-refractivity contribution in [1.82, 2.24) is 14.8 Å². The Kier molecular flexibility index (Phi) is 6.21. The van der Waals surface area contributed by atoms with Crippen LogP contribution in [-0.2, 0) is 4.79 Å². The first kappa shape index (κ1) is 23.2. The van der Waals surface area contributed by atoms with Gasteiger partial charge in [-0.15, -0.1) is 0 Å². The van der Waals surface area contributed by atoms with Crippen LogP contribution in [0.5, 0.6) is 5.88 Å². The number of halogens is 1. The molecule has 0 aliphatic heterocycles. The number of carbonyl (C=O) groups excluding carboxylic acids is 1. The Balaban J connectivity index is 1.48. The van der Waals surface area contributed by atoms with Crippen molar-refractivity contribution in [2.24, 2.45) is 0 Å². The summed E-state index contributed by atoms with van der Waals surface area (Å²) in [5.74, 6) is -0.483. The Hall–Kier alpha value is -4.52. The van der Waals surface area contributed by atoms with Crippen LogP contribution in [0.15, 0.2) is 78.9 Å². The standard InChI is InChI=1S/C29H25FN4O2/c1-18-8-7-9-21(14-18)28-27-20(3)15-26(32-29(27)34(33-28)23-10-5-4-6-11-23)36-17-25(35)31-22-13-12-19(2)24(30)16-22/h4-16H,17H2,1-3H3,(H,31,35). The first-order valence-corrected chi connectivity index (χ1v) is 11.6. The topological polar surface area (TPSA) is 69.0 Å². The zero-order valence-electron chi connectivity index (χ0n) is 20.2. The number of benzene rings is 3. The zero-order valence-corrected chi connectivity index (χ0v) is 20.2. The number of hydrogen-bond acceptors (Lipinski definition) is 4. The second kappa shape index (κ2) is 9.62. The molecule has 180 valence electrons. The van der Waals surface area contributed by atoms with E-state index in [2.05, 4.69) is 11.4 Å². The van der Waals surface area contributed by atoms with Gasteiger partial charge in [-0.05, 0) is 62.2 Å². The molecule has 1 N–H and O–H groups in total. The van der Waals surface area contributed by atoms with Gasteiger partial charge >= 0.3 is 0 Å². The lowest BCUT2D eigenvalue weighted by Gasteiger charge is -2.10. The lowest BCUT2D eigenvalue weighted by Crippen LogP contribution is -2.20. The van der Waals surface area contributed by atoms with Crippen molar-refractivity contribution >= 4 is 22.6 Å². The molecular weight excluding hydrogens is 455 g/mol. The van der Waals surface area contributed by atoms with Gasteiger partial charge in [-0.3, -0.25) is 4.79 Å². The van der Waals surface area contributed by atoms with E-state index in [1.165, 1.54) is 6.07 Å². The minimum absolute atomic E-state index is 0.266. The number of pyridine rings is 1. The second-order valence-electron chi connectivity index (χ2n) is 8.74. The molecule has 5 rings (SSSR count). The first-order chi connectivity index (χ1) is 17.4. The van der Waals surface area contributed by atoms with Gasteiger partial charge in [-0.25, -0.2) is 9.07 Å². The molecule has 0 aliphatic rings. The molecule has 36 heavy (non-hydrogen) atoms. The van der Waals surface area contributed by atoms with E-state index in [1.54, 1.807) is 29.8 Å². The van der Waals surface area contributed by atoms with E-state index in [1.807, 2.05) is 62.4 Å². The van der Waals surface area contributed by atoms with Gasteiger partial charge in [-0.1, -0.05) is 48.0 Å². The monoisotopic (exact) mass is 480 g/mol. The number of nitrogens with zero attached hydrogens (tertiary/aromatic N) is 3. The van der Waals surface area contributed by atoms with Gasteiger partial charge in [0, 0.05) is 17.3 Å². The summed E-state index contributed by atoms with van der Waals surface area (Å²) < 4.78 is 21.3. The molecule has 1 amide bonds. The van der Waals surface area contributed by atoms with Gasteiger partial charge in [0.25, 0.3) is 5.91 Å². The molecule has 7 heteroatoms. The molecule has 0 atom stereocenters. The van der Waals surface area contributed by atoms with Crippen molar-refractivity contribution in [3.63, 3.8) is 0 Å². The van der Waals surface area contributed by atoms with Crippen LogP contribution in [0.1, 0.15) is 16.7 Å². The van der Waals surface area contributed by atoms with Gasteiger partial charge in [0.15, 0.2) is 12.3 Å². The third kappa shape index (κ3) is 4.68. The van der Waals surface area contributed by atoms with Crippen molar-refractivity contribution in [3.05, 3.63) is 101 Å². The molecular formula is C29H25FN4O2. The number of carbonyl (C=O) groups is 1. The SMILES string of the molecule is Cc1cccc(-c2nn(-c3ccccc3)c3nc(OCC(=O)Nc4ccc(C)c(F)c4)cc(C)c23)c1. The lowest BCUT2D eigenvalue weighted by molar-refractivity contribution is -0.118. The number of aromatic nitrogens is 3. The van der Waals surface area contributed by atoms with Gasteiger partial charge in [-0.2, -0.15) is 10.1 Å². The van der Waals surface area contributed by atoms with Crippen molar-refractivity contribution in [3.8, 4) is 22.8 Å². The predicted octanol–water partition coefficient (Wildman–Crippen LogP) is 6.17. The van der Waals surface area contributed by atoms with Gasteiger partial charge in [0.05, 0.1) is 11.1 Å². The van der Waals surface area contributed by atoms with E-state index in [4.69, 9.17) is 14.8 Å². The summed E-state index contributed by atoms with van der Waals surface area (Å²) in [5, 5.41) is 8.49. The quantitative estimate of drug-likeness (QED) is 0.316. The average Bonchev–Trinajstić information content (AvgIpc) is 3.26. The van der Waals surface area contributed by atoms with Crippen LogP contribution >= 0.6 is 0 Å². The molecule has 0 saturated carbocycles. The summed E-state index contributed by atoms with van der Waals surface area (Å²) in [6, 6.07) is 24.3. The first-order valence-electron chi connectivity index (χ1n) is 11.6. The highest BCUT2D eigenvalue weighted by molar-refractivity contribution is 5.95. The van der Waals surface area contributed by atoms with E-state index >= 15 is 0 Å². The van der Waals surface area contributed by atoms with Gasteiger partial charge < -0.3 is 10.1 Å². The number of aryl methyl sites for hydroxylation is 3. The fourth-order valence-electron chi connectivity index (χ4n) is 4.09. The molecule has 0 saturated heterocycles. The Labute approximate surface area is 208 Å². The lowest BCUT2D eigenvalue weighted by atomic mass is 10.0. The maximum absolute atomic E-state index is 13.8. The van der Waals surface area contributed by atoms with E-state index in [9.17, 15) is 9.18 Å². The number of rotatable bonds is 6. The highest BCUT2D eigenvalue weighted by Crippen LogP contribution is 2.33. The molecule has 0 bridgehead atoms. The molecule has 2 heterocycles. The minimum Gasteiger partial charge on any atom is -0.467 e. The fraction of sp³-hybridized carbons (Fsp3) is 0.138. The van der Waals surface area contributed by atoms with Crippen LogP contribution in [0.4, 0.5) is 10.1 Å². The Bertz CT molecular complexity index is 1580. The summed E-state index contributed by atoms with van der Waals surface area (Å²) in [5.41, 5.74) is 6.27. The van der Waals surface area contributed by atoms with E-state index < -0.39 is 5.91 Å². The molecule has 0 unspecified atom stereocenters. The number of anilines is 1. The smallest absolute Gasteiger partial charge is 0.262 e. The number of ether oxygens (including phenoxy) is 1. The maximum Gasteiger partial charge on any atom is 0.262 e. The van der Waals surface area contributed by atoms with Crippen molar-refractivity contribution in [1.29, 1.82) is 0 Å². The highest BCUT2D eigenvalue weighted by Gasteiger charge is 2.19. The normalized spacial score (nSPS) is 11.0. The highest BCUT2D eigenvalue weighted by atomic mass is 19.1. The summed E-state index contributed by atoms with van der Waals surface area (Å²) in [4.78, 5) is 17.2. The molecule has 6 nitrogen and oxygen atoms in total. The number of para-hydroxylation sites is 1. The maximum atomic E-state index is 13.8. The Morgan fingerprint density at radius 1 is 0.944 bits per heavy atom. The van der Waals surface area contributed by atoms with Crippen molar-refractivity contribution in [2.75, 3.05) is 11.9 Å². The summed E-state index contributed by atoms with van der Waals surface area (Å²) in [6.45, 7) is 5.42. The largest absolute Gasteiger partial charge is 0.467 e. The molecule has 2 aromatic heterocycles. The van der Waals surface area contributed by atoms with Crippen LogP contribution in [-0.4, -0.2) is 27.3 Å². The number of amides is 1. The Morgan fingerprint density at radius 2 is 1.75 bits per heavy atom. The van der Waals surface area contributed by atoms with Crippen molar-refractivity contribution in [2.45, 2.75) is 20.8 Å². The van der Waals surface area contributed by atoms with Crippen LogP contribution < -0.4 is 10.1 Å². The summed E-state index contributed by atoms with van der Waals surface area (Å²) in [7, 11) is 0. The van der Waals surface area contributed by atoms with Crippen LogP contribution in [0.25, 0.3) is 28.0 Å². The van der Waals surface area contributed by atoms with Crippen LogP contribution in [0.2, 0.25) is 0 Å². The third-order valence-corrected chi connectivity index (χ3v) is 5.91. The molecule has 5 aromatic rings. The van der Waals surface area contributed by atoms with E-state index in [0.29, 0.717) is 22.8 Å². The van der Waals surface area contributed by atoms with Crippen LogP contribution in [0, 0.1) is 26.6 Å². The minimum atomic E-state index is -0.408. The molecule has 0 radical (unpaired) electrons. The summed E-state index contributed by atoms with van der Waals surface area (Å²) >= 11 is 0. The van der Waals surface area contributed by atoms with E-state index in [-0.39, 0.29) is 12.4 Å². The van der Waals surface area contributed by atoms with Crippen LogP contribution in [0.3, 0.4) is 0 Å². The predicted molar refractivity (Wildman–Crippen MR) is 139 cm³/mol. The average molecular weight is 481 g/mol. The van der Waals surface area contributed by atoms with Gasteiger partial charge in [0.1, 0.15) is 11.5 Å². The zero-order chi connectivity index (χ0) is 25.2. The summed E-state index contributed by atoms with van der Waals surface area (Å²) in [6.07, 6.45) is 0. The molecule has 0 aliphatic carbocycles. The number of hydrogen-bond donors (Lipinski definition) is 1. The van der Waals surface area contributed by atoms with E-state index in [0.717, 1.165) is 33.5 Å². The van der Waals surface area contributed by atoms with Crippen molar-refractivity contribution < 1.29 is 13.9 Å².